The second-order valence-electron chi connectivity index (χ2n) is 10.9. The van der Waals surface area contributed by atoms with Gasteiger partial charge in [-0.1, -0.05) is 142 Å². The van der Waals surface area contributed by atoms with Gasteiger partial charge < -0.3 is 14.6 Å². The fourth-order valence-corrected chi connectivity index (χ4v) is 4.05. The largest absolute Gasteiger partial charge is 0.462 e. The van der Waals surface area contributed by atoms with Crippen LogP contribution in [0.4, 0.5) is 0 Å². The lowest BCUT2D eigenvalue weighted by Gasteiger charge is -2.15. The maximum absolute atomic E-state index is 12.1. The van der Waals surface area contributed by atoms with Crippen LogP contribution in [0.3, 0.4) is 0 Å². The van der Waals surface area contributed by atoms with Crippen molar-refractivity contribution in [2.75, 3.05) is 13.2 Å². The van der Waals surface area contributed by atoms with Crippen molar-refractivity contribution < 1.29 is 24.2 Å². The molecule has 5 heteroatoms. The van der Waals surface area contributed by atoms with E-state index in [4.69, 9.17) is 9.47 Å². The molecule has 0 heterocycles. The zero-order valence-corrected chi connectivity index (χ0v) is 28.8. The third kappa shape index (κ3) is 33.5. The number of rotatable bonds is 29. The Morgan fingerprint density at radius 3 is 1.59 bits per heavy atom. The molecule has 256 valence electrons. The van der Waals surface area contributed by atoms with Crippen LogP contribution < -0.4 is 0 Å². The van der Waals surface area contributed by atoms with E-state index in [1.54, 1.807) is 0 Å². The zero-order chi connectivity index (χ0) is 33.6. The molecule has 0 saturated heterocycles. The monoisotopic (exact) mass is 634 g/mol. The van der Waals surface area contributed by atoms with Gasteiger partial charge in [0.15, 0.2) is 6.10 Å². The number of unbranched alkanes of at least 4 members (excludes halogenated alkanes) is 5. The van der Waals surface area contributed by atoms with E-state index in [-0.39, 0.29) is 25.6 Å². The van der Waals surface area contributed by atoms with E-state index < -0.39 is 12.1 Å². The maximum atomic E-state index is 12.1. The average Bonchev–Trinajstić information content (AvgIpc) is 3.06. The summed E-state index contributed by atoms with van der Waals surface area (Å²) in [6.45, 7) is 3.77. The van der Waals surface area contributed by atoms with Gasteiger partial charge in [-0.15, -0.1) is 0 Å². The fraction of sp³-hybridized carbons (Fsp3) is 0.512. The standard InChI is InChI=1S/C41H62O5/c1-3-5-7-9-11-13-15-17-18-19-20-21-22-24-26-28-30-32-34-36-41(44)46-39(37-42)38-45-40(43)35-33-31-29-27-25-23-16-14-12-10-8-6-4-2/h5-8,10-14,16-18,20-21,24,26,30,32,39,42H,3-4,9,15,19,22-23,25,27-29,31,33-38H2,1-2H3/b7-5+,8-6+,12-10+,13-11+,16-14+,18-17+,21-20+,26-24+,32-30+. The highest BCUT2D eigenvalue weighted by atomic mass is 16.6. The third-order valence-electron chi connectivity index (χ3n) is 6.64. The molecule has 0 radical (unpaired) electrons. The van der Waals surface area contributed by atoms with Gasteiger partial charge in [-0.2, -0.15) is 0 Å². The molecule has 1 unspecified atom stereocenters. The molecule has 46 heavy (non-hydrogen) atoms. The summed E-state index contributed by atoms with van der Waals surface area (Å²) in [5.74, 6) is -0.729. The van der Waals surface area contributed by atoms with Crippen molar-refractivity contribution in [2.45, 2.75) is 123 Å². The van der Waals surface area contributed by atoms with E-state index in [9.17, 15) is 14.7 Å². The first kappa shape index (κ1) is 42.6. The molecular weight excluding hydrogens is 572 g/mol. The van der Waals surface area contributed by atoms with Crippen molar-refractivity contribution in [3.63, 3.8) is 0 Å². The molecule has 0 amide bonds. The highest BCUT2D eigenvalue weighted by Gasteiger charge is 2.15. The molecule has 0 aliphatic heterocycles. The van der Waals surface area contributed by atoms with Crippen LogP contribution in [0, 0.1) is 0 Å². The maximum Gasteiger partial charge on any atom is 0.306 e. The van der Waals surface area contributed by atoms with E-state index in [1.807, 2.05) is 24.3 Å². The minimum absolute atomic E-state index is 0.115. The van der Waals surface area contributed by atoms with Crippen molar-refractivity contribution in [3.8, 4) is 0 Å². The molecule has 1 N–H and O–H groups in total. The van der Waals surface area contributed by atoms with Crippen LogP contribution in [0.2, 0.25) is 0 Å². The van der Waals surface area contributed by atoms with Crippen LogP contribution in [-0.4, -0.2) is 36.4 Å². The average molecular weight is 635 g/mol. The summed E-state index contributed by atoms with van der Waals surface area (Å²) < 4.78 is 10.5. The van der Waals surface area contributed by atoms with Crippen molar-refractivity contribution in [2.24, 2.45) is 0 Å². The van der Waals surface area contributed by atoms with Gasteiger partial charge in [0.25, 0.3) is 0 Å². The smallest absolute Gasteiger partial charge is 0.306 e. The summed E-state index contributed by atoms with van der Waals surface area (Å²) in [7, 11) is 0. The first-order valence-corrected chi connectivity index (χ1v) is 17.5. The van der Waals surface area contributed by atoms with Gasteiger partial charge in [0, 0.05) is 12.8 Å². The van der Waals surface area contributed by atoms with Gasteiger partial charge in [0.05, 0.1) is 6.61 Å². The van der Waals surface area contributed by atoms with Gasteiger partial charge in [0.1, 0.15) is 6.61 Å². The van der Waals surface area contributed by atoms with Crippen molar-refractivity contribution in [1.29, 1.82) is 0 Å². The van der Waals surface area contributed by atoms with Crippen LogP contribution in [-0.2, 0) is 19.1 Å². The van der Waals surface area contributed by atoms with Crippen molar-refractivity contribution in [1.82, 2.24) is 0 Å². The molecule has 0 aliphatic carbocycles. The Balaban J connectivity index is 3.81. The normalized spacial score (nSPS) is 13.5. The van der Waals surface area contributed by atoms with Gasteiger partial charge in [-0.3, -0.25) is 9.59 Å². The molecule has 0 aromatic heterocycles. The molecule has 0 saturated carbocycles. The SMILES string of the molecule is CC/C=C/C=C/C=C/CCCCCCCC(=O)OCC(CO)OC(=O)CC/C=C/C/C=C/C/C=C/C/C=C/C/C=C/C/C=C/CC. The Labute approximate surface area is 280 Å². The second-order valence-corrected chi connectivity index (χ2v) is 10.9. The molecule has 0 rings (SSSR count). The number of aliphatic hydroxyl groups is 1. The number of carbonyl (C=O) groups excluding carboxylic acids is 2. The minimum atomic E-state index is -0.827. The fourth-order valence-electron chi connectivity index (χ4n) is 4.05. The topological polar surface area (TPSA) is 72.8 Å². The highest BCUT2D eigenvalue weighted by molar-refractivity contribution is 5.70. The number of esters is 2. The predicted molar refractivity (Wildman–Crippen MR) is 195 cm³/mol. The van der Waals surface area contributed by atoms with Crippen LogP contribution >= 0.6 is 0 Å². The number of ether oxygens (including phenoxy) is 2. The number of allylic oxidation sites excluding steroid dienone is 18. The second kappa shape index (κ2) is 36.0. The molecule has 1 atom stereocenters. The lowest BCUT2D eigenvalue weighted by molar-refractivity contribution is -0.161. The first-order valence-electron chi connectivity index (χ1n) is 17.5. The molecule has 0 spiro atoms. The molecular formula is C41H62O5. The van der Waals surface area contributed by atoms with Crippen molar-refractivity contribution in [3.05, 3.63) is 109 Å². The van der Waals surface area contributed by atoms with Gasteiger partial charge in [-0.25, -0.2) is 0 Å². The van der Waals surface area contributed by atoms with Crippen LogP contribution in [0.1, 0.15) is 117 Å². The summed E-state index contributed by atoms with van der Waals surface area (Å²) in [5.41, 5.74) is 0. The zero-order valence-electron chi connectivity index (χ0n) is 28.8. The Kier molecular flexibility index (Phi) is 33.3. The van der Waals surface area contributed by atoms with Crippen LogP contribution in [0.25, 0.3) is 0 Å². The Morgan fingerprint density at radius 2 is 1.02 bits per heavy atom. The lowest BCUT2D eigenvalue weighted by Crippen LogP contribution is -2.28. The molecule has 0 bridgehead atoms. The Hall–Kier alpha value is -3.44. The Bertz CT molecular complexity index is 990. The first-order chi connectivity index (χ1) is 22.6. The van der Waals surface area contributed by atoms with E-state index in [0.717, 1.165) is 83.5 Å². The number of carbonyl (C=O) groups is 2. The molecule has 5 nitrogen and oxygen atoms in total. The predicted octanol–water partition coefficient (Wildman–Crippen LogP) is 10.7. The number of hydrogen-bond acceptors (Lipinski definition) is 5. The van der Waals surface area contributed by atoms with Crippen LogP contribution in [0.5, 0.6) is 0 Å². The van der Waals surface area contributed by atoms with Gasteiger partial charge >= 0.3 is 11.9 Å². The summed E-state index contributed by atoms with van der Waals surface area (Å²) in [4.78, 5) is 24.1. The summed E-state index contributed by atoms with van der Waals surface area (Å²) in [5, 5.41) is 9.51. The third-order valence-corrected chi connectivity index (χ3v) is 6.64. The quantitative estimate of drug-likeness (QED) is 0.0384. The van der Waals surface area contributed by atoms with E-state index in [2.05, 4.69) is 98.9 Å². The van der Waals surface area contributed by atoms with Gasteiger partial charge in [-0.05, 0) is 70.6 Å². The number of hydrogen-bond donors (Lipinski definition) is 1. The Morgan fingerprint density at radius 1 is 0.522 bits per heavy atom. The summed E-state index contributed by atoms with van der Waals surface area (Å²) in [6, 6.07) is 0. The minimum Gasteiger partial charge on any atom is -0.462 e. The number of aliphatic hydroxyl groups excluding tert-OH is 1. The molecule has 0 aliphatic rings. The van der Waals surface area contributed by atoms with E-state index in [1.165, 1.54) is 0 Å². The summed E-state index contributed by atoms with van der Waals surface area (Å²) >= 11 is 0. The van der Waals surface area contributed by atoms with Gasteiger partial charge in [0.2, 0.25) is 0 Å². The van der Waals surface area contributed by atoms with Crippen molar-refractivity contribution >= 4 is 11.9 Å². The van der Waals surface area contributed by atoms with E-state index >= 15 is 0 Å². The highest BCUT2D eigenvalue weighted by Crippen LogP contribution is 2.09. The lowest BCUT2D eigenvalue weighted by atomic mass is 10.1. The van der Waals surface area contributed by atoms with E-state index in [0.29, 0.717) is 12.8 Å². The molecule has 0 aromatic carbocycles. The summed E-state index contributed by atoms with van der Waals surface area (Å²) in [6.07, 6.45) is 51.5. The molecule has 0 fully saturated rings. The van der Waals surface area contributed by atoms with Crippen LogP contribution in [0.15, 0.2) is 109 Å². The molecule has 0 aromatic rings.